The second-order valence-electron chi connectivity index (χ2n) is 4.49. The van der Waals surface area contributed by atoms with Crippen molar-refractivity contribution >= 4 is 23.2 Å². The van der Waals surface area contributed by atoms with Crippen molar-refractivity contribution in [3.63, 3.8) is 0 Å². The van der Waals surface area contributed by atoms with Gasteiger partial charge in [-0.25, -0.2) is 9.67 Å². The normalized spacial score (nSPS) is 12.3. The van der Waals surface area contributed by atoms with Gasteiger partial charge in [0.15, 0.2) is 0 Å². The number of aryl methyl sites for hydroxylation is 1. The van der Waals surface area contributed by atoms with Gasteiger partial charge < -0.3 is 11.1 Å². The summed E-state index contributed by atoms with van der Waals surface area (Å²) in [4.78, 5) is 18.1. The number of hydrogen-bond donors (Lipinski definition) is 2. The molecule has 2 heterocycles. The SMILES string of the molecule is Cc1ccc(CC(C)NC(=O)Cn2cnc(N)n2)s1. The number of carbonyl (C=O) groups is 1. The Bertz CT molecular complexity index is 562. The van der Waals surface area contributed by atoms with Gasteiger partial charge in [0.05, 0.1) is 0 Å². The van der Waals surface area contributed by atoms with Crippen molar-refractivity contribution in [3.05, 3.63) is 28.2 Å². The first-order valence-electron chi connectivity index (χ1n) is 6.02. The number of aromatic nitrogens is 3. The maximum atomic E-state index is 11.8. The van der Waals surface area contributed by atoms with Gasteiger partial charge in [0, 0.05) is 22.2 Å². The van der Waals surface area contributed by atoms with E-state index in [4.69, 9.17) is 5.73 Å². The Labute approximate surface area is 115 Å². The zero-order chi connectivity index (χ0) is 13.8. The fourth-order valence-electron chi connectivity index (χ4n) is 1.80. The molecule has 0 saturated carbocycles. The van der Waals surface area contributed by atoms with E-state index < -0.39 is 0 Å². The van der Waals surface area contributed by atoms with Crippen LogP contribution in [0.25, 0.3) is 0 Å². The third-order valence-electron chi connectivity index (χ3n) is 2.57. The molecule has 2 rings (SSSR count). The number of thiophene rings is 1. The number of hydrogen-bond acceptors (Lipinski definition) is 5. The zero-order valence-corrected chi connectivity index (χ0v) is 11.8. The molecule has 1 unspecified atom stereocenters. The molecule has 2 aromatic rings. The van der Waals surface area contributed by atoms with E-state index >= 15 is 0 Å². The second kappa shape index (κ2) is 5.83. The number of carbonyl (C=O) groups excluding carboxylic acids is 1. The molecular formula is C12H17N5OS. The maximum absolute atomic E-state index is 11.8. The van der Waals surface area contributed by atoms with Crippen LogP contribution in [0.3, 0.4) is 0 Å². The monoisotopic (exact) mass is 279 g/mol. The summed E-state index contributed by atoms with van der Waals surface area (Å²) in [5.74, 6) is 0.0839. The van der Waals surface area contributed by atoms with Crippen molar-refractivity contribution in [2.75, 3.05) is 5.73 Å². The van der Waals surface area contributed by atoms with E-state index in [1.54, 1.807) is 11.3 Å². The van der Waals surface area contributed by atoms with Crippen LogP contribution in [0.2, 0.25) is 0 Å². The molecular weight excluding hydrogens is 262 g/mol. The van der Waals surface area contributed by atoms with Crippen molar-refractivity contribution in [1.82, 2.24) is 20.1 Å². The standard InChI is InChI=1S/C12H17N5OS/c1-8(5-10-4-3-9(2)19-10)15-11(18)6-17-7-14-12(13)16-17/h3-4,7-8H,5-6H2,1-2H3,(H2,13,16)(H,15,18). The number of nitrogens with one attached hydrogen (secondary N) is 1. The molecule has 1 atom stereocenters. The summed E-state index contributed by atoms with van der Waals surface area (Å²) in [5, 5.41) is 6.80. The van der Waals surface area contributed by atoms with Gasteiger partial charge in [-0.1, -0.05) is 0 Å². The highest BCUT2D eigenvalue weighted by molar-refractivity contribution is 7.11. The molecule has 7 heteroatoms. The van der Waals surface area contributed by atoms with Gasteiger partial charge in [-0.2, -0.15) is 0 Å². The Balaban J connectivity index is 1.81. The van der Waals surface area contributed by atoms with Crippen LogP contribution in [0.15, 0.2) is 18.5 Å². The molecule has 0 saturated heterocycles. The molecule has 0 spiro atoms. The summed E-state index contributed by atoms with van der Waals surface area (Å²) in [6.45, 7) is 4.20. The predicted molar refractivity (Wildman–Crippen MR) is 74.8 cm³/mol. The average Bonchev–Trinajstić information content (AvgIpc) is 2.87. The summed E-state index contributed by atoms with van der Waals surface area (Å²) >= 11 is 1.76. The van der Waals surface area contributed by atoms with Gasteiger partial charge in [-0.15, -0.1) is 16.4 Å². The van der Waals surface area contributed by atoms with E-state index in [0.717, 1.165) is 6.42 Å². The second-order valence-corrected chi connectivity index (χ2v) is 5.86. The Kier molecular flexibility index (Phi) is 4.16. The molecule has 0 aliphatic rings. The molecule has 2 aromatic heterocycles. The minimum absolute atomic E-state index is 0.0893. The minimum Gasteiger partial charge on any atom is -0.367 e. The number of amides is 1. The van der Waals surface area contributed by atoms with Crippen LogP contribution < -0.4 is 11.1 Å². The Morgan fingerprint density at radius 3 is 2.95 bits per heavy atom. The molecule has 3 N–H and O–H groups in total. The van der Waals surface area contributed by atoms with Gasteiger partial charge in [0.25, 0.3) is 0 Å². The highest BCUT2D eigenvalue weighted by Gasteiger charge is 2.10. The summed E-state index contributed by atoms with van der Waals surface area (Å²) in [6.07, 6.45) is 2.28. The van der Waals surface area contributed by atoms with Crippen molar-refractivity contribution in [2.45, 2.75) is 32.9 Å². The number of nitrogen functional groups attached to an aromatic ring is 1. The van der Waals surface area contributed by atoms with Crippen LogP contribution in [-0.4, -0.2) is 26.7 Å². The summed E-state index contributed by atoms with van der Waals surface area (Å²) in [7, 11) is 0. The third kappa shape index (κ3) is 4.06. The third-order valence-corrected chi connectivity index (χ3v) is 3.59. The number of rotatable bonds is 5. The van der Waals surface area contributed by atoms with Crippen molar-refractivity contribution in [3.8, 4) is 0 Å². The number of anilines is 1. The lowest BCUT2D eigenvalue weighted by atomic mass is 10.2. The highest BCUT2D eigenvalue weighted by atomic mass is 32.1. The average molecular weight is 279 g/mol. The van der Waals surface area contributed by atoms with Crippen molar-refractivity contribution < 1.29 is 4.79 Å². The minimum atomic E-state index is -0.0920. The predicted octanol–water partition coefficient (Wildman–Crippen LogP) is 0.978. The van der Waals surface area contributed by atoms with Crippen molar-refractivity contribution in [2.24, 2.45) is 0 Å². The van der Waals surface area contributed by atoms with Gasteiger partial charge >= 0.3 is 0 Å². The van der Waals surface area contributed by atoms with Crippen LogP contribution >= 0.6 is 11.3 Å². The fourth-order valence-corrected chi connectivity index (χ4v) is 2.82. The van der Waals surface area contributed by atoms with Crippen LogP contribution in [0, 0.1) is 6.92 Å². The molecule has 0 aliphatic heterocycles. The fraction of sp³-hybridized carbons (Fsp3) is 0.417. The van der Waals surface area contributed by atoms with E-state index in [1.807, 2.05) is 6.92 Å². The Hall–Kier alpha value is -1.89. The first kappa shape index (κ1) is 13.5. The molecule has 102 valence electrons. The van der Waals surface area contributed by atoms with E-state index in [9.17, 15) is 4.79 Å². The lowest BCUT2D eigenvalue weighted by molar-refractivity contribution is -0.122. The van der Waals surface area contributed by atoms with Gasteiger partial charge in [-0.3, -0.25) is 4.79 Å². The van der Waals surface area contributed by atoms with E-state index in [2.05, 4.69) is 34.5 Å². The Morgan fingerprint density at radius 1 is 1.58 bits per heavy atom. The molecule has 0 radical (unpaired) electrons. The topological polar surface area (TPSA) is 85.8 Å². The van der Waals surface area contributed by atoms with Gasteiger partial charge in [0.2, 0.25) is 11.9 Å². The first-order valence-corrected chi connectivity index (χ1v) is 6.84. The molecule has 0 aliphatic carbocycles. The quantitative estimate of drug-likeness (QED) is 0.854. The smallest absolute Gasteiger partial charge is 0.242 e. The van der Waals surface area contributed by atoms with E-state index in [1.165, 1.54) is 20.8 Å². The van der Waals surface area contributed by atoms with E-state index in [0.29, 0.717) is 0 Å². The van der Waals surface area contributed by atoms with Gasteiger partial charge in [0.1, 0.15) is 12.9 Å². The molecule has 1 amide bonds. The van der Waals surface area contributed by atoms with Crippen molar-refractivity contribution in [1.29, 1.82) is 0 Å². The first-order chi connectivity index (χ1) is 9.02. The Morgan fingerprint density at radius 2 is 2.37 bits per heavy atom. The zero-order valence-electron chi connectivity index (χ0n) is 11.0. The maximum Gasteiger partial charge on any atom is 0.242 e. The van der Waals surface area contributed by atoms with Crippen LogP contribution in [-0.2, 0) is 17.8 Å². The molecule has 0 aromatic carbocycles. The largest absolute Gasteiger partial charge is 0.367 e. The lowest BCUT2D eigenvalue weighted by Gasteiger charge is -2.12. The lowest BCUT2D eigenvalue weighted by Crippen LogP contribution is -2.36. The molecule has 0 bridgehead atoms. The van der Waals surface area contributed by atoms with Gasteiger partial charge in [-0.05, 0) is 26.0 Å². The molecule has 19 heavy (non-hydrogen) atoms. The van der Waals surface area contributed by atoms with E-state index in [-0.39, 0.29) is 24.4 Å². The van der Waals surface area contributed by atoms with Crippen LogP contribution in [0.4, 0.5) is 5.95 Å². The number of nitrogens with two attached hydrogens (primary N) is 1. The summed E-state index contributed by atoms with van der Waals surface area (Å²) < 4.78 is 1.42. The van der Waals surface area contributed by atoms with Crippen LogP contribution in [0.5, 0.6) is 0 Å². The number of nitrogens with zero attached hydrogens (tertiary/aromatic N) is 3. The molecule has 6 nitrogen and oxygen atoms in total. The van der Waals surface area contributed by atoms with Crippen LogP contribution in [0.1, 0.15) is 16.7 Å². The molecule has 0 fully saturated rings. The summed E-state index contributed by atoms with van der Waals surface area (Å²) in [6, 6.07) is 4.28. The highest BCUT2D eigenvalue weighted by Crippen LogP contribution is 2.16. The summed E-state index contributed by atoms with van der Waals surface area (Å²) in [5.41, 5.74) is 5.39.